The first kappa shape index (κ1) is 16.8. The van der Waals surface area contributed by atoms with E-state index in [-0.39, 0.29) is 6.10 Å². The Morgan fingerprint density at radius 3 is 2.88 bits per heavy atom. The van der Waals surface area contributed by atoms with Crippen LogP contribution in [0.4, 0.5) is 0 Å². The molecule has 7 heteroatoms. The van der Waals surface area contributed by atoms with Gasteiger partial charge in [0.25, 0.3) is 0 Å². The molecule has 1 aliphatic carbocycles. The van der Waals surface area contributed by atoms with E-state index in [0.717, 1.165) is 57.5 Å². The van der Waals surface area contributed by atoms with E-state index in [4.69, 9.17) is 9.82 Å². The molecular weight excluding hydrogens is 346 g/mol. The second-order valence-electron chi connectivity index (χ2n) is 6.37. The molecule has 0 spiro atoms. The van der Waals surface area contributed by atoms with E-state index in [1.165, 1.54) is 0 Å². The van der Waals surface area contributed by atoms with Gasteiger partial charge in [0.1, 0.15) is 28.2 Å². The van der Waals surface area contributed by atoms with Crippen molar-refractivity contribution in [2.24, 2.45) is 5.16 Å². The van der Waals surface area contributed by atoms with Crippen molar-refractivity contribution in [2.75, 3.05) is 0 Å². The first-order valence-corrected chi connectivity index (χ1v) is 9.48. The Morgan fingerprint density at radius 1 is 1.15 bits per heavy atom. The molecule has 0 amide bonds. The maximum atomic E-state index is 5.45. The zero-order chi connectivity index (χ0) is 17.9. The fourth-order valence-corrected chi connectivity index (χ4v) is 3.62. The van der Waals surface area contributed by atoms with E-state index >= 15 is 0 Å². The molecule has 3 aromatic heterocycles. The van der Waals surface area contributed by atoms with Gasteiger partial charge in [0.05, 0.1) is 16.8 Å². The van der Waals surface area contributed by atoms with Gasteiger partial charge >= 0.3 is 0 Å². The lowest BCUT2D eigenvalue weighted by atomic mass is 9.98. The standard InChI is InChI=1S/C19H19N5OS/c1-12(2)25-24-15-7-3-6-14-18(15)23-16(10-21-14)17-11-22-19(26-17)13-5-4-8-20-9-13/h4-5,8-12H,3,6-7H2,1-2H3. The number of aromatic nitrogens is 4. The fourth-order valence-electron chi connectivity index (χ4n) is 2.76. The van der Waals surface area contributed by atoms with Crippen molar-refractivity contribution >= 4 is 17.0 Å². The molecule has 0 aliphatic heterocycles. The van der Waals surface area contributed by atoms with Crippen LogP contribution < -0.4 is 0 Å². The lowest BCUT2D eigenvalue weighted by molar-refractivity contribution is 0.0854. The monoisotopic (exact) mass is 365 g/mol. The molecule has 0 atom stereocenters. The molecule has 1 aliphatic rings. The van der Waals surface area contributed by atoms with Gasteiger partial charge < -0.3 is 4.84 Å². The third-order valence-electron chi connectivity index (χ3n) is 3.99. The summed E-state index contributed by atoms with van der Waals surface area (Å²) in [5.41, 5.74) is 4.54. The minimum atomic E-state index is 0.0487. The Labute approximate surface area is 156 Å². The van der Waals surface area contributed by atoms with Crippen LogP contribution in [0.3, 0.4) is 0 Å². The number of aryl methyl sites for hydroxylation is 1. The zero-order valence-corrected chi connectivity index (χ0v) is 15.5. The summed E-state index contributed by atoms with van der Waals surface area (Å²) in [6.07, 6.45) is 10.1. The quantitative estimate of drug-likeness (QED) is 0.650. The molecule has 0 radical (unpaired) electrons. The number of oxime groups is 1. The predicted octanol–water partition coefficient (Wildman–Crippen LogP) is 4.13. The molecule has 132 valence electrons. The van der Waals surface area contributed by atoms with Crippen molar-refractivity contribution in [3.63, 3.8) is 0 Å². The smallest absolute Gasteiger partial charge is 0.125 e. The molecule has 6 nitrogen and oxygen atoms in total. The van der Waals surface area contributed by atoms with Gasteiger partial charge in [0, 0.05) is 24.2 Å². The molecule has 0 saturated heterocycles. The Morgan fingerprint density at radius 2 is 2.08 bits per heavy atom. The van der Waals surface area contributed by atoms with E-state index in [1.54, 1.807) is 17.5 Å². The maximum Gasteiger partial charge on any atom is 0.125 e. The molecule has 0 saturated carbocycles. The van der Waals surface area contributed by atoms with E-state index in [0.29, 0.717) is 0 Å². The van der Waals surface area contributed by atoms with Gasteiger partial charge in [-0.3, -0.25) is 9.97 Å². The van der Waals surface area contributed by atoms with Crippen LogP contribution in [0.1, 0.15) is 38.1 Å². The minimum Gasteiger partial charge on any atom is -0.393 e. The summed E-state index contributed by atoms with van der Waals surface area (Å²) in [7, 11) is 0. The average Bonchev–Trinajstić information content (AvgIpc) is 3.17. The van der Waals surface area contributed by atoms with E-state index in [2.05, 4.69) is 20.1 Å². The molecule has 0 bridgehead atoms. The van der Waals surface area contributed by atoms with Crippen LogP contribution in [-0.2, 0) is 11.3 Å². The maximum absolute atomic E-state index is 5.45. The van der Waals surface area contributed by atoms with Crippen LogP contribution in [0, 0.1) is 0 Å². The molecule has 0 N–H and O–H groups in total. The molecule has 0 aromatic carbocycles. The molecule has 0 unspecified atom stereocenters. The second kappa shape index (κ2) is 7.29. The van der Waals surface area contributed by atoms with Gasteiger partial charge in [-0.1, -0.05) is 5.16 Å². The Hall–Kier alpha value is -2.67. The number of pyridine rings is 1. The lowest BCUT2D eigenvalue weighted by Crippen LogP contribution is -2.17. The highest BCUT2D eigenvalue weighted by Crippen LogP contribution is 2.31. The first-order valence-electron chi connectivity index (χ1n) is 8.66. The summed E-state index contributed by atoms with van der Waals surface area (Å²) in [6.45, 7) is 3.93. The molecule has 3 aromatic rings. The lowest BCUT2D eigenvalue weighted by Gasteiger charge is -2.16. The van der Waals surface area contributed by atoms with Crippen LogP contribution in [-0.4, -0.2) is 31.8 Å². The van der Waals surface area contributed by atoms with E-state index in [9.17, 15) is 0 Å². The average molecular weight is 365 g/mol. The summed E-state index contributed by atoms with van der Waals surface area (Å²) in [6, 6.07) is 3.91. The zero-order valence-electron chi connectivity index (χ0n) is 14.7. The van der Waals surface area contributed by atoms with Gasteiger partial charge in [-0.25, -0.2) is 9.97 Å². The van der Waals surface area contributed by atoms with Crippen molar-refractivity contribution < 1.29 is 4.84 Å². The Kier molecular flexibility index (Phi) is 4.71. The Bertz CT molecular complexity index is 936. The van der Waals surface area contributed by atoms with Crippen molar-refractivity contribution in [1.29, 1.82) is 0 Å². The van der Waals surface area contributed by atoms with Crippen LogP contribution >= 0.6 is 11.3 Å². The molecule has 4 rings (SSSR count). The molecule has 3 heterocycles. The summed E-state index contributed by atoms with van der Waals surface area (Å²) >= 11 is 1.58. The summed E-state index contributed by atoms with van der Waals surface area (Å²) in [4.78, 5) is 24.5. The fraction of sp³-hybridized carbons (Fsp3) is 0.316. The van der Waals surface area contributed by atoms with Crippen molar-refractivity contribution in [2.45, 2.75) is 39.2 Å². The second-order valence-corrected chi connectivity index (χ2v) is 7.40. The van der Waals surface area contributed by atoms with Gasteiger partial charge in [0.15, 0.2) is 0 Å². The number of hydrogen-bond acceptors (Lipinski definition) is 7. The van der Waals surface area contributed by atoms with Crippen LogP contribution in [0.25, 0.3) is 21.1 Å². The van der Waals surface area contributed by atoms with Gasteiger partial charge in [-0.05, 0) is 45.2 Å². The predicted molar refractivity (Wildman–Crippen MR) is 102 cm³/mol. The molecule has 0 fully saturated rings. The first-order chi connectivity index (χ1) is 12.7. The minimum absolute atomic E-state index is 0.0487. The van der Waals surface area contributed by atoms with Crippen molar-refractivity contribution in [1.82, 2.24) is 19.9 Å². The van der Waals surface area contributed by atoms with Crippen molar-refractivity contribution in [3.05, 3.63) is 48.3 Å². The molecule has 26 heavy (non-hydrogen) atoms. The third-order valence-corrected chi connectivity index (χ3v) is 5.06. The summed E-state index contributed by atoms with van der Waals surface area (Å²) < 4.78 is 0. The number of fused-ring (bicyclic) bond motifs is 1. The Balaban J connectivity index is 1.68. The number of hydrogen-bond donors (Lipinski definition) is 0. The summed E-state index contributed by atoms with van der Waals surface area (Å²) in [5, 5.41) is 5.23. The SMILES string of the molecule is CC(C)ON=C1CCCc2ncc(-c3cnc(-c4cccnc4)s3)nc21. The van der Waals surface area contributed by atoms with Gasteiger partial charge in [-0.15, -0.1) is 11.3 Å². The van der Waals surface area contributed by atoms with E-state index < -0.39 is 0 Å². The normalized spacial score (nSPS) is 15.3. The highest BCUT2D eigenvalue weighted by Gasteiger charge is 2.21. The van der Waals surface area contributed by atoms with Crippen LogP contribution in [0.5, 0.6) is 0 Å². The highest BCUT2D eigenvalue weighted by atomic mass is 32.1. The summed E-state index contributed by atoms with van der Waals surface area (Å²) in [5.74, 6) is 0. The van der Waals surface area contributed by atoms with Gasteiger partial charge in [0.2, 0.25) is 0 Å². The van der Waals surface area contributed by atoms with Gasteiger partial charge in [-0.2, -0.15) is 0 Å². The molecular formula is C19H19N5OS. The van der Waals surface area contributed by atoms with Crippen LogP contribution in [0.15, 0.2) is 42.1 Å². The number of nitrogens with zero attached hydrogens (tertiary/aromatic N) is 5. The van der Waals surface area contributed by atoms with Crippen molar-refractivity contribution in [3.8, 4) is 21.1 Å². The topological polar surface area (TPSA) is 73.2 Å². The highest BCUT2D eigenvalue weighted by molar-refractivity contribution is 7.18. The van der Waals surface area contributed by atoms with E-state index in [1.807, 2.05) is 44.6 Å². The third kappa shape index (κ3) is 3.48. The largest absolute Gasteiger partial charge is 0.393 e. The van der Waals surface area contributed by atoms with Crippen LogP contribution in [0.2, 0.25) is 0 Å². The number of thiazole rings is 1. The number of rotatable bonds is 4.